The lowest BCUT2D eigenvalue weighted by Crippen LogP contribution is -2.27. The molecule has 0 spiro atoms. The third-order valence-corrected chi connectivity index (χ3v) is 12.0. The average Bonchev–Trinajstić information content (AvgIpc) is 3.66. The number of nitrogens with one attached hydrogen (secondary N) is 2. The van der Waals surface area contributed by atoms with E-state index in [0.717, 1.165) is 115 Å². The molecule has 2 unspecified atom stereocenters. The molecular weight excluding hydrogens is 735 g/mol. The SMILES string of the molecule is CCCCCC(CC)OC(=O)CCCCCCCCN(CCCCCCCCC(=O)OC(CC)CCCCC)CCCCCCNC(=O)CCc1c[nH]c2ccccc12. The van der Waals surface area contributed by atoms with Gasteiger partial charge >= 0.3 is 11.9 Å². The number of carbonyl (C=O) groups is 3. The van der Waals surface area contributed by atoms with Gasteiger partial charge in [0.15, 0.2) is 0 Å². The molecule has 0 aliphatic carbocycles. The molecule has 0 bridgehead atoms. The Labute approximate surface area is 361 Å². The highest BCUT2D eigenvalue weighted by molar-refractivity contribution is 5.84. The van der Waals surface area contributed by atoms with Gasteiger partial charge in [-0.1, -0.05) is 136 Å². The van der Waals surface area contributed by atoms with Crippen molar-refractivity contribution in [2.75, 3.05) is 26.2 Å². The van der Waals surface area contributed by atoms with Crippen LogP contribution < -0.4 is 5.32 Å². The minimum atomic E-state index is -0.00982. The minimum Gasteiger partial charge on any atom is -0.462 e. The number of aromatic nitrogens is 1. The van der Waals surface area contributed by atoms with Gasteiger partial charge in [-0.2, -0.15) is 0 Å². The van der Waals surface area contributed by atoms with E-state index >= 15 is 0 Å². The van der Waals surface area contributed by atoms with E-state index in [4.69, 9.17) is 9.47 Å². The van der Waals surface area contributed by atoms with Crippen LogP contribution in [0.2, 0.25) is 0 Å². The fourth-order valence-electron chi connectivity index (χ4n) is 8.10. The molecule has 0 radical (unpaired) electrons. The van der Waals surface area contributed by atoms with E-state index in [2.05, 4.69) is 55.0 Å². The van der Waals surface area contributed by atoms with Gasteiger partial charge in [0.25, 0.3) is 0 Å². The van der Waals surface area contributed by atoms with E-state index in [1.165, 1.54) is 101 Å². The molecule has 0 aliphatic rings. The molecule has 2 rings (SSSR count). The molecule has 338 valence electrons. The van der Waals surface area contributed by atoms with Crippen molar-refractivity contribution in [2.45, 2.75) is 233 Å². The number of hydrogen-bond donors (Lipinski definition) is 2. The summed E-state index contributed by atoms with van der Waals surface area (Å²) in [7, 11) is 0. The first-order valence-corrected chi connectivity index (χ1v) is 24.8. The van der Waals surface area contributed by atoms with Gasteiger partial charge in [0.05, 0.1) is 0 Å². The highest BCUT2D eigenvalue weighted by atomic mass is 16.5. The van der Waals surface area contributed by atoms with Crippen LogP contribution in [0.15, 0.2) is 30.5 Å². The summed E-state index contributed by atoms with van der Waals surface area (Å²) in [6.45, 7) is 12.9. The topological polar surface area (TPSA) is 101 Å². The first kappa shape index (κ1) is 52.3. The minimum absolute atomic E-state index is 0.00982. The van der Waals surface area contributed by atoms with Crippen LogP contribution in [0.25, 0.3) is 10.9 Å². The van der Waals surface area contributed by atoms with Gasteiger partial charge < -0.3 is 24.7 Å². The number of H-pyrrole nitrogens is 1. The Balaban J connectivity index is 1.61. The second-order valence-corrected chi connectivity index (χ2v) is 17.2. The molecule has 0 aliphatic heterocycles. The number of benzene rings is 1. The van der Waals surface area contributed by atoms with Gasteiger partial charge in [-0.05, 0) is 115 Å². The number of carbonyl (C=O) groups excluding carboxylic acids is 3. The number of unbranched alkanes of at least 4 members (excludes halogenated alkanes) is 17. The van der Waals surface area contributed by atoms with Crippen molar-refractivity contribution in [2.24, 2.45) is 0 Å². The number of ether oxygens (including phenoxy) is 2. The zero-order valence-electron chi connectivity index (χ0n) is 38.6. The summed E-state index contributed by atoms with van der Waals surface area (Å²) in [4.78, 5) is 43.2. The lowest BCUT2D eigenvalue weighted by atomic mass is 10.1. The fourth-order valence-corrected chi connectivity index (χ4v) is 8.10. The molecule has 2 aromatic rings. The summed E-state index contributed by atoms with van der Waals surface area (Å²) in [5, 5.41) is 4.35. The van der Waals surface area contributed by atoms with Crippen LogP contribution in [0.5, 0.6) is 0 Å². The normalized spacial score (nSPS) is 12.6. The smallest absolute Gasteiger partial charge is 0.306 e. The molecule has 8 nitrogen and oxygen atoms in total. The Morgan fingerprint density at radius 3 is 1.56 bits per heavy atom. The van der Waals surface area contributed by atoms with Crippen LogP contribution >= 0.6 is 0 Å². The van der Waals surface area contributed by atoms with Crippen LogP contribution in [0.1, 0.15) is 219 Å². The van der Waals surface area contributed by atoms with Crippen molar-refractivity contribution in [1.29, 1.82) is 0 Å². The Bertz CT molecular complexity index is 1280. The van der Waals surface area contributed by atoms with E-state index in [9.17, 15) is 14.4 Å². The van der Waals surface area contributed by atoms with E-state index in [1.807, 2.05) is 18.3 Å². The number of amides is 1. The Morgan fingerprint density at radius 2 is 1.05 bits per heavy atom. The van der Waals surface area contributed by atoms with E-state index < -0.39 is 0 Å². The summed E-state index contributed by atoms with van der Waals surface area (Å²) in [5.41, 5.74) is 2.34. The summed E-state index contributed by atoms with van der Waals surface area (Å²) in [6, 6.07) is 8.27. The molecule has 59 heavy (non-hydrogen) atoms. The van der Waals surface area contributed by atoms with E-state index in [0.29, 0.717) is 19.3 Å². The molecule has 1 heterocycles. The monoisotopic (exact) mass is 824 g/mol. The van der Waals surface area contributed by atoms with Gasteiger partial charge in [0, 0.05) is 42.9 Å². The summed E-state index contributed by atoms with van der Waals surface area (Å²) in [6.07, 6.45) is 34.0. The fraction of sp³-hybridized carbons (Fsp3) is 0.784. The third kappa shape index (κ3) is 26.9. The number of rotatable bonds is 40. The molecule has 0 saturated heterocycles. The zero-order valence-corrected chi connectivity index (χ0v) is 38.6. The second-order valence-electron chi connectivity index (χ2n) is 17.2. The van der Waals surface area contributed by atoms with Crippen LogP contribution in [0, 0.1) is 0 Å². The van der Waals surface area contributed by atoms with Crippen molar-refractivity contribution >= 4 is 28.7 Å². The standard InChI is InChI=1S/C51H89N3O5/c1-5-9-21-31-45(7-3)58-50(56)35-23-15-11-13-18-28-40-54(41-29-19-14-12-16-24-36-51(57)59-46(8-4)32-22-10-6-2)42-30-20-17-27-39-52-49(55)38-37-44-43-53-48-34-26-25-33-47(44)48/h25-26,33-34,43,45-46,53H,5-24,27-32,35-42H2,1-4H3,(H,52,55). The summed E-state index contributed by atoms with van der Waals surface area (Å²) >= 11 is 0. The van der Waals surface area contributed by atoms with Crippen molar-refractivity contribution in [1.82, 2.24) is 15.2 Å². The van der Waals surface area contributed by atoms with Crippen LogP contribution in [0.3, 0.4) is 0 Å². The van der Waals surface area contributed by atoms with Gasteiger partial charge in [-0.3, -0.25) is 14.4 Å². The summed E-state index contributed by atoms with van der Waals surface area (Å²) in [5.74, 6) is 0.122. The van der Waals surface area contributed by atoms with Gasteiger partial charge in [-0.15, -0.1) is 0 Å². The first-order valence-electron chi connectivity index (χ1n) is 24.8. The molecule has 8 heteroatoms. The number of esters is 2. The second kappa shape index (κ2) is 35.8. The lowest BCUT2D eigenvalue weighted by Gasteiger charge is -2.22. The first-order chi connectivity index (χ1) is 28.9. The average molecular weight is 824 g/mol. The molecule has 0 fully saturated rings. The van der Waals surface area contributed by atoms with Crippen molar-refractivity contribution in [3.8, 4) is 0 Å². The predicted octanol–water partition coefficient (Wildman–Crippen LogP) is 13.3. The van der Waals surface area contributed by atoms with Gasteiger partial charge in [0.1, 0.15) is 12.2 Å². The molecule has 1 amide bonds. The van der Waals surface area contributed by atoms with Crippen LogP contribution in [-0.4, -0.2) is 66.1 Å². The van der Waals surface area contributed by atoms with E-state index in [-0.39, 0.29) is 30.1 Å². The number of aryl methyl sites for hydroxylation is 1. The van der Waals surface area contributed by atoms with Crippen molar-refractivity contribution < 1.29 is 23.9 Å². The quantitative estimate of drug-likeness (QED) is 0.0513. The summed E-state index contributed by atoms with van der Waals surface area (Å²) < 4.78 is 11.5. The van der Waals surface area contributed by atoms with Crippen LogP contribution in [-0.2, 0) is 30.3 Å². The largest absolute Gasteiger partial charge is 0.462 e. The number of aromatic amines is 1. The Morgan fingerprint density at radius 1 is 0.576 bits per heavy atom. The Kier molecular flexibility index (Phi) is 31.8. The van der Waals surface area contributed by atoms with Crippen LogP contribution in [0.4, 0.5) is 0 Å². The number of nitrogens with zero attached hydrogens (tertiary/aromatic N) is 1. The molecule has 2 N–H and O–H groups in total. The molecule has 2 atom stereocenters. The number of para-hydroxylation sites is 1. The maximum atomic E-state index is 12.5. The zero-order chi connectivity index (χ0) is 42.6. The number of hydrogen-bond acceptors (Lipinski definition) is 6. The molecule has 0 saturated carbocycles. The van der Waals surface area contributed by atoms with Gasteiger partial charge in [0.2, 0.25) is 5.91 Å². The highest BCUT2D eigenvalue weighted by Crippen LogP contribution is 2.19. The third-order valence-electron chi connectivity index (χ3n) is 12.0. The van der Waals surface area contributed by atoms with Crippen molar-refractivity contribution in [3.05, 3.63) is 36.0 Å². The maximum absolute atomic E-state index is 12.5. The van der Waals surface area contributed by atoms with Crippen molar-refractivity contribution in [3.63, 3.8) is 0 Å². The Hall–Kier alpha value is -2.87. The predicted molar refractivity (Wildman–Crippen MR) is 248 cm³/mol. The maximum Gasteiger partial charge on any atom is 0.306 e. The lowest BCUT2D eigenvalue weighted by molar-refractivity contribution is -0.150. The van der Waals surface area contributed by atoms with E-state index in [1.54, 1.807) is 0 Å². The molecular formula is C51H89N3O5. The molecule has 1 aromatic heterocycles. The number of fused-ring (bicyclic) bond motifs is 1. The highest BCUT2D eigenvalue weighted by Gasteiger charge is 2.14. The molecule has 1 aromatic carbocycles. The van der Waals surface area contributed by atoms with Gasteiger partial charge in [-0.25, -0.2) is 0 Å².